The molecule has 2 aliphatic rings. The van der Waals surface area contributed by atoms with Crippen LogP contribution in [0.5, 0.6) is 0 Å². The Hall–Kier alpha value is -9.45. The topological polar surface area (TPSA) is 417 Å². The first kappa shape index (κ1) is 79.9. The number of carbonyl (C=O) groups is 13. The van der Waals surface area contributed by atoms with E-state index >= 15 is 4.79 Å². The summed E-state index contributed by atoms with van der Waals surface area (Å²) >= 11 is 2.93. The lowest BCUT2D eigenvalue weighted by molar-refractivity contribution is -0.143. The van der Waals surface area contributed by atoms with Crippen molar-refractivity contribution in [1.29, 1.82) is 0 Å². The summed E-state index contributed by atoms with van der Waals surface area (Å²) in [6.07, 6.45) is 2.12. The number of aromatic amines is 2. The lowest BCUT2D eigenvalue weighted by Gasteiger charge is -2.31. The maximum atomic E-state index is 15.3. The molecule has 4 heterocycles. The first-order valence-corrected chi connectivity index (χ1v) is 36.9. The molecule has 30 heteroatoms. The van der Waals surface area contributed by atoms with Crippen LogP contribution in [-0.2, 0) is 86.7 Å². The maximum absolute atomic E-state index is 15.3. The molecule has 11 atom stereocenters. The number of nitrogens with one attached hydrogen (secondary N) is 12. The smallest absolute Gasteiger partial charge is 0.305 e. The number of fused-ring (bicyclic) bond motifs is 4. The molecule has 7 rings (SSSR count). The molecular weight excluding hydrogens is 1350 g/mol. The summed E-state index contributed by atoms with van der Waals surface area (Å²) in [5.41, 5.74) is 4.49. The fourth-order valence-corrected chi connectivity index (χ4v) is 14.2. The number of nitrogens with zero attached hydrogens (tertiary/aromatic N) is 1. The fourth-order valence-electron chi connectivity index (χ4n) is 12.3. The fraction of sp³-hybridized carbons (Fsp3) is 0.514. The Morgan fingerprint density at radius 2 is 1.23 bits per heavy atom. The number of aliphatic carboxylic acids is 2. The number of hydrogen-bond donors (Lipinski definition) is 14. The zero-order chi connectivity index (χ0) is 74.3. The second kappa shape index (κ2) is 38.5. The van der Waals surface area contributed by atoms with E-state index in [4.69, 9.17) is 0 Å². The van der Waals surface area contributed by atoms with Gasteiger partial charge in [0.1, 0.15) is 60.4 Å². The minimum Gasteiger partial charge on any atom is -0.481 e. The van der Waals surface area contributed by atoms with Crippen molar-refractivity contribution < 1.29 is 72.5 Å². The van der Waals surface area contributed by atoms with Gasteiger partial charge >= 0.3 is 11.9 Å². The van der Waals surface area contributed by atoms with Crippen LogP contribution in [0, 0.1) is 17.8 Å². The van der Waals surface area contributed by atoms with Crippen LogP contribution in [0.2, 0.25) is 0 Å². The van der Waals surface area contributed by atoms with E-state index in [-0.39, 0.29) is 74.5 Å². The number of carboxylic acids is 2. The summed E-state index contributed by atoms with van der Waals surface area (Å²) in [6.45, 7) is 13.9. The van der Waals surface area contributed by atoms with E-state index in [1.54, 1.807) is 74.4 Å². The summed E-state index contributed by atoms with van der Waals surface area (Å²) in [5, 5.41) is 48.3. The Morgan fingerprint density at radius 3 is 1.83 bits per heavy atom. The third-order valence-electron chi connectivity index (χ3n) is 17.9. The average molecular weight is 1450 g/mol. The Morgan fingerprint density at radius 1 is 0.627 bits per heavy atom. The van der Waals surface area contributed by atoms with Crippen LogP contribution in [0.1, 0.15) is 129 Å². The van der Waals surface area contributed by atoms with Gasteiger partial charge in [0.25, 0.3) is 0 Å². The van der Waals surface area contributed by atoms with Gasteiger partial charge in [-0.25, -0.2) is 0 Å². The predicted molar refractivity (Wildman–Crippen MR) is 387 cm³/mol. The molecule has 3 aromatic carbocycles. The predicted octanol–water partition coefficient (Wildman–Crippen LogP) is 3.60. The normalized spacial score (nSPS) is 19.9. The largest absolute Gasteiger partial charge is 0.481 e. The highest BCUT2D eigenvalue weighted by Gasteiger charge is 2.42. The van der Waals surface area contributed by atoms with E-state index < -0.39 is 151 Å². The van der Waals surface area contributed by atoms with Crippen molar-refractivity contribution in [3.05, 3.63) is 107 Å². The third kappa shape index (κ3) is 23.6. The van der Waals surface area contributed by atoms with Crippen LogP contribution in [0.15, 0.2) is 85.2 Å². The van der Waals surface area contributed by atoms with E-state index in [1.807, 2.05) is 64.1 Å². The first-order chi connectivity index (χ1) is 48.6. The quantitative estimate of drug-likeness (QED) is 0.0357. The highest BCUT2D eigenvalue weighted by atomic mass is 32.2. The van der Waals surface area contributed by atoms with E-state index in [2.05, 4.69) is 63.1 Å². The number of aromatic nitrogens is 2. The summed E-state index contributed by atoms with van der Waals surface area (Å²) in [4.78, 5) is 189. The molecule has 0 spiro atoms. The van der Waals surface area contributed by atoms with Crippen molar-refractivity contribution in [3.63, 3.8) is 0 Å². The second-order valence-corrected chi connectivity index (χ2v) is 29.1. The second-order valence-electron chi connectivity index (χ2n) is 27.0. The molecule has 102 heavy (non-hydrogen) atoms. The number of amides is 11. The van der Waals surface area contributed by atoms with Gasteiger partial charge in [-0.15, -0.1) is 0 Å². The van der Waals surface area contributed by atoms with E-state index in [0.29, 0.717) is 63.2 Å². The molecule has 0 saturated carbocycles. The molecule has 11 amide bonds. The summed E-state index contributed by atoms with van der Waals surface area (Å²) < 4.78 is 0. The van der Waals surface area contributed by atoms with Crippen molar-refractivity contribution in [2.24, 2.45) is 17.8 Å². The monoisotopic (exact) mass is 1450 g/mol. The highest BCUT2D eigenvalue weighted by Crippen LogP contribution is 2.26. The molecule has 1 fully saturated rings. The molecule has 2 aromatic heterocycles. The van der Waals surface area contributed by atoms with Gasteiger partial charge < -0.3 is 78.2 Å². The van der Waals surface area contributed by atoms with Crippen molar-refractivity contribution in [3.8, 4) is 0 Å². The van der Waals surface area contributed by atoms with Crippen LogP contribution in [0.25, 0.3) is 21.8 Å². The molecule has 0 aliphatic carbocycles. The molecule has 0 unspecified atom stereocenters. The van der Waals surface area contributed by atoms with Gasteiger partial charge in [-0.2, -0.15) is 23.5 Å². The Bertz CT molecular complexity index is 3810. The van der Waals surface area contributed by atoms with Gasteiger partial charge in [-0.1, -0.05) is 109 Å². The molecule has 552 valence electrons. The van der Waals surface area contributed by atoms with Gasteiger partial charge in [0.15, 0.2) is 0 Å². The molecule has 0 radical (unpaired) electrons. The molecule has 2 aliphatic heterocycles. The van der Waals surface area contributed by atoms with Gasteiger partial charge in [0.2, 0.25) is 65.0 Å². The summed E-state index contributed by atoms with van der Waals surface area (Å²) in [6, 6.07) is 8.78. The first-order valence-electron chi connectivity index (χ1n) is 34.6. The summed E-state index contributed by atoms with van der Waals surface area (Å²) in [7, 11) is 0. The van der Waals surface area contributed by atoms with Crippen LogP contribution < -0.4 is 53.2 Å². The van der Waals surface area contributed by atoms with E-state index in [1.165, 1.54) is 23.6 Å². The van der Waals surface area contributed by atoms with Crippen LogP contribution in [0.4, 0.5) is 0 Å². The van der Waals surface area contributed by atoms with Crippen molar-refractivity contribution in [2.75, 3.05) is 24.6 Å². The number of para-hydroxylation sites is 2. The Balaban J connectivity index is 1.13. The lowest BCUT2D eigenvalue weighted by Crippen LogP contribution is -2.61. The zero-order valence-electron chi connectivity index (χ0n) is 58.9. The Labute approximate surface area is 601 Å². The van der Waals surface area contributed by atoms with Gasteiger partial charge in [-0.3, -0.25) is 62.3 Å². The average Bonchev–Trinajstić information content (AvgIpc) is 1.64. The van der Waals surface area contributed by atoms with Crippen molar-refractivity contribution >= 4 is 122 Å². The lowest BCUT2D eigenvalue weighted by atomic mass is 9.96. The van der Waals surface area contributed by atoms with Crippen LogP contribution >= 0.6 is 23.5 Å². The number of carbonyl (C=O) groups excluding carboxylic acids is 11. The molecule has 5 aromatic rings. The number of rotatable bonds is 27. The minimum absolute atomic E-state index is 0.0130. The number of likely N-dealkylation sites (tertiary alicyclic amines) is 1. The van der Waals surface area contributed by atoms with Crippen LogP contribution in [0.3, 0.4) is 0 Å². The number of hydrogen-bond acceptors (Lipinski definition) is 15. The Kier molecular flexibility index (Phi) is 30.2. The maximum Gasteiger partial charge on any atom is 0.305 e. The van der Waals surface area contributed by atoms with Gasteiger partial charge in [0, 0.05) is 96.5 Å². The number of benzene rings is 3. The van der Waals surface area contributed by atoms with Crippen molar-refractivity contribution in [1.82, 2.24) is 68.0 Å². The zero-order valence-corrected chi connectivity index (χ0v) is 60.5. The van der Waals surface area contributed by atoms with Gasteiger partial charge in [-0.05, 0) is 91.2 Å². The molecule has 1 saturated heterocycles. The molecule has 14 N–H and O–H groups in total. The van der Waals surface area contributed by atoms with E-state index in [9.17, 15) is 67.7 Å². The number of thioether (sulfide) groups is 2. The van der Waals surface area contributed by atoms with E-state index in [0.717, 1.165) is 18.1 Å². The number of carboxylic acid groups (broad SMARTS) is 2. The minimum atomic E-state index is -1.61. The molecule has 28 nitrogen and oxygen atoms in total. The number of H-pyrrole nitrogens is 2. The standard InChI is InChI=1S/C72H97N13O15S2/c1-9-41(6)62-71(99)73-25-27-101-36-44-16-14-17-45(30-44)37-102-38-58(69(97)76-42(7)63(91)79-54(29-40(4)5)68(96)84-62)83-65(93)53(28-39(2)3)80-64(92)52(23-24-60(87)88)78-70(98)59-22-15-26-85(59)72(100)57(32-47-35-75-51-21-13-11-19-49(47)51)82-66(94)55(31-46-34-74-50-20-12-10-18-48(46)50)81-67(95)56(33-61(89)90)77-43(8)86/h10-14,16-21,30,34-35,39-42,52-59,62,74-75H,9,15,22-29,31-33,36-38H2,1-8H3,(H,73,99)(H,76,97)(H,77,86)(H,78,98)(H,79,91)(H,80,92)(H,81,95)(H,82,94)(H,83,93)(H,84,96)(H,87,88)(H,89,90)/t41-,42+,52-,53-,54-,55-,56-,57-,58-,59-,62-/m0/s1. The SMILES string of the molecule is CC[C@H](C)[C@@H]1NC(=O)[C@H](CC(C)C)NC(=O)[C@@H](C)NC(=O)[C@@H](NC(=O)[C@H](CC(C)C)NC(=O)[C@H](CCC(=O)O)NC(=O)[C@@H]2CCCN2C(=O)[C@H](Cc2c[nH]c3ccccc23)NC(=O)[C@H](Cc2c[nH]c3ccccc23)NC(=O)[C@H](CC(=O)O)NC(C)=O)CSCc2cccc(c2)CSCCNC1=O. The van der Waals surface area contributed by atoms with Crippen LogP contribution in [-0.4, -0.2) is 187 Å². The molecular formula is C72H97N13O15S2. The summed E-state index contributed by atoms with van der Waals surface area (Å²) in [5.74, 6) is -10.2. The van der Waals surface area contributed by atoms with Gasteiger partial charge in [0.05, 0.1) is 6.42 Å². The highest BCUT2D eigenvalue weighted by molar-refractivity contribution is 7.98. The van der Waals surface area contributed by atoms with Crippen molar-refractivity contribution in [2.45, 2.75) is 192 Å². The third-order valence-corrected chi connectivity index (χ3v) is 20.0. The molecule has 2 bridgehead atoms.